The van der Waals surface area contributed by atoms with Crippen LogP contribution >= 0.6 is 0 Å². The monoisotopic (exact) mass is 414 g/mol. The van der Waals surface area contributed by atoms with Gasteiger partial charge in [0.05, 0.1) is 5.56 Å². The van der Waals surface area contributed by atoms with E-state index >= 15 is 0 Å². The van der Waals surface area contributed by atoms with Crippen LogP contribution in [0.15, 0.2) is 51.7 Å². The molecule has 9 heteroatoms. The lowest BCUT2D eigenvalue weighted by atomic mass is 9.99. The third-order valence-corrected chi connectivity index (χ3v) is 4.55. The Labute approximate surface area is 165 Å². The Kier molecular flexibility index (Phi) is 4.23. The van der Waals surface area contributed by atoms with E-state index in [1.165, 1.54) is 6.07 Å². The highest BCUT2D eigenvalue weighted by Crippen LogP contribution is 2.44. The van der Waals surface area contributed by atoms with E-state index in [0.717, 1.165) is 36.4 Å². The molecule has 152 valence electrons. The SMILES string of the molecule is O=c1c(O)c(-c2ccc(O)c(O)c2)oc2c(-c3ccc(F)c(F)c3)c(O)cc(O)c12. The van der Waals surface area contributed by atoms with Crippen molar-refractivity contribution in [2.24, 2.45) is 0 Å². The fraction of sp³-hybridized carbons (Fsp3) is 0. The summed E-state index contributed by atoms with van der Waals surface area (Å²) in [6.07, 6.45) is 0. The third kappa shape index (κ3) is 2.84. The van der Waals surface area contributed by atoms with E-state index in [1.807, 2.05) is 0 Å². The van der Waals surface area contributed by atoms with Crippen LogP contribution < -0.4 is 5.43 Å². The largest absolute Gasteiger partial charge is 0.507 e. The van der Waals surface area contributed by atoms with Crippen molar-refractivity contribution >= 4 is 11.0 Å². The maximum absolute atomic E-state index is 13.8. The quantitative estimate of drug-likeness (QED) is 0.314. The van der Waals surface area contributed by atoms with E-state index in [-0.39, 0.29) is 16.7 Å². The van der Waals surface area contributed by atoms with Gasteiger partial charge >= 0.3 is 0 Å². The van der Waals surface area contributed by atoms with Gasteiger partial charge in [-0.15, -0.1) is 0 Å². The number of hydrogen-bond donors (Lipinski definition) is 5. The predicted octanol–water partition coefficient (Wildman–Crippen LogP) is 3.93. The first-order chi connectivity index (χ1) is 14.2. The van der Waals surface area contributed by atoms with Gasteiger partial charge in [-0.3, -0.25) is 4.79 Å². The molecule has 0 fully saturated rings. The summed E-state index contributed by atoms with van der Waals surface area (Å²) in [6.45, 7) is 0. The first-order valence-corrected chi connectivity index (χ1v) is 8.41. The number of phenols is 4. The lowest BCUT2D eigenvalue weighted by Gasteiger charge is -2.13. The summed E-state index contributed by atoms with van der Waals surface area (Å²) in [5, 5.41) is 49.4. The standard InChI is InChI=1S/C21H12F2O7/c22-10-3-1-8(5-11(10)23)16-14(26)7-15(27)17-18(28)19(29)20(30-21(16)17)9-2-4-12(24)13(25)6-9/h1-7,24-27,29H. The van der Waals surface area contributed by atoms with Gasteiger partial charge in [0.15, 0.2) is 34.5 Å². The molecule has 0 aliphatic heterocycles. The first kappa shape index (κ1) is 19.1. The van der Waals surface area contributed by atoms with Crippen LogP contribution in [-0.4, -0.2) is 25.5 Å². The highest BCUT2D eigenvalue weighted by molar-refractivity contribution is 6.00. The zero-order valence-electron chi connectivity index (χ0n) is 14.8. The van der Waals surface area contributed by atoms with Crippen molar-refractivity contribution in [2.75, 3.05) is 0 Å². The van der Waals surface area contributed by atoms with Gasteiger partial charge in [0, 0.05) is 11.6 Å². The fourth-order valence-corrected chi connectivity index (χ4v) is 3.12. The molecule has 3 aromatic carbocycles. The van der Waals surface area contributed by atoms with Gasteiger partial charge in [0.2, 0.25) is 11.2 Å². The van der Waals surface area contributed by atoms with Gasteiger partial charge < -0.3 is 29.9 Å². The lowest BCUT2D eigenvalue weighted by Crippen LogP contribution is -2.04. The van der Waals surface area contributed by atoms with Gasteiger partial charge in [-0.25, -0.2) is 8.78 Å². The minimum Gasteiger partial charge on any atom is -0.507 e. The topological polar surface area (TPSA) is 131 Å². The number of aromatic hydroxyl groups is 5. The Balaban J connectivity index is 2.13. The van der Waals surface area contributed by atoms with Crippen LogP contribution in [0.4, 0.5) is 8.78 Å². The molecule has 0 unspecified atom stereocenters. The number of hydrogen-bond acceptors (Lipinski definition) is 7. The maximum atomic E-state index is 13.8. The van der Waals surface area contributed by atoms with Crippen molar-refractivity contribution in [3.63, 3.8) is 0 Å². The van der Waals surface area contributed by atoms with Crippen molar-refractivity contribution in [1.29, 1.82) is 0 Å². The van der Waals surface area contributed by atoms with Crippen molar-refractivity contribution in [3.8, 4) is 51.2 Å². The molecule has 30 heavy (non-hydrogen) atoms. The molecule has 5 N–H and O–H groups in total. The molecule has 0 saturated heterocycles. The molecule has 0 bridgehead atoms. The van der Waals surface area contributed by atoms with Gasteiger partial charge in [0.25, 0.3) is 0 Å². The second kappa shape index (κ2) is 6.66. The lowest BCUT2D eigenvalue weighted by molar-refractivity contribution is 0.403. The minimum absolute atomic E-state index is 0.0131. The fourth-order valence-electron chi connectivity index (χ4n) is 3.12. The predicted molar refractivity (Wildman–Crippen MR) is 102 cm³/mol. The van der Waals surface area contributed by atoms with Crippen molar-refractivity contribution in [3.05, 3.63) is 64.3 Å². The highest BCUT2D eigenvalue weighted by Gasteiger charge is 2.24. The number of halogens is 2. The molecule has 0 radical (unpaired) electrons. The molecule has 1 aromatic heterocycles. The zero-order chi connectivity index (χ0) is 21.7. The van der Waals surface area contributed by atoms with Crippen LogP contribution in [0.2, 0.25) is 0 Å². The number of fused-ring (bicyclic) bond motifs is 1. The van der Waals surface area contributed by atoms with E-state index in [0.29, 0.717) is 0 Å². The van der Waals surface area contributed by atoms with Gasteiger partial charge in [-0.2, -0.15) is 0 Å². The van der Waals surface area contributed by atoms with E-state index < -0.39 is 62.5 Å². The number of rotatable bonds is 2. The summed E-state index contributed by atoms with van der Waals surface area (Å²) in [5.41, 5.74) is -1.79. The summed E-state index contributed by atoms with van der Waals surface area (Å²) < 4.78 is 32.7. The van der Waals surface area contributed by atoms with Crippen LogP contribution in [0.25, 0.3) is 33.4 Å². The molecular weight excluding hydrogens is 402 g/mol. The van der Waals surface area contributed by atoms with E-state index in [1.54, 1.807) is 0 Å². The summed E-state index contributed by atoms with van der Waals surface area (Å²) in [7, 11) is 0. The Hall–Kier alpha value is -4.27. The Bertz CT molecular complexity index is 1390. The van der Waals surface area contributed by atoms with Gasteiger partial charge in [-0.05, 0) is 35.9 Å². The molecule has 1 heterocycles. The summed E-state index contributed by atoms with van der Waals surface area (Å²) in [6, 6.07) is 6.84. The number of benzene rings is 3. The van der Waals surface area contributed by atoms with Crippen molar-refractivity contribution < 1.29 is 38.7 Å². The van der Waals surface area contributed by atoms with Crippen LogP contribution in [0.1, 0.15) is 0 Å². The smallest absolute Gasteiger partial charge is 0.238 e. The second-order valence-corrected chi connectivity index (χ2v) is 6.44. The molecule has 0 atom stereocenters. The van der Waals surface area contributed by atoms with Crippen molar-refractivity contribution in [1.82, 2.24) is 0 Å². The van der Waals surface area contributed by atoms with E-state index in [2.05, 4.69) is 0 Å². The normalized spacial score (nSPS) is 11.1. The maximum Gasteiger partial charge on any atom is 0.238 e. The molecule has 0 aliphatic rings. The molecule has 7 nitrogen and oxygen atoms in total. The highest BCUT2D eigenvalue weighted by atomic mass is 19.2. The molecule has 0 amide bonds. The molecule has 0 aliphatic carbocycles. The van der Waals surface area contributed by atoms with Crippen molar-refractivity contribution in [2.45, 2.75) is 0 Å². The van der Waals surface area contributed by atoms with Gasteiger partial charge in [-0.1, -0.05) is 6.07 Å². The minimum atomic E-state index is -1.22. The summed E-state index contributed by atoms with van der Waals surface area (Å²) >= 11 is 0. The summed E-state index contributed by atoms with van der Waals surface area (Å²) in [4.78, 5) is 12.7. The second-order valence-electron chi connectivity index (χ2n) is 6.44. The molecule has 4 aromatic rings. The van der Waals surface area contributed by atoms with Crippen LogP contribution in [0.5, 0.6) is 28.7 Å². The molecule has 0 saturated carbocycles. The first-order valence-electron chi connectivity index (χ1n) is 8.41. The van der Waals surface area contributed by atoms with Gasteiger partial charge in [0.1, 0.15) is 16.9 Å². The van der Waals surface area contributed by atoms with E-state index in [9.17, 15) is 39.1 Å². The third-order valence-electron chi connectivity index (χ3n) is 4.55. The Morgan fingerprint density at radius 3 is 2.07 bits per heavy atom. The zero-order valence-corrected chi connectivity index (χ0v) is 14.8. The molecule has 4 rings (SSSR count). The van der Waals surface area contributed by atoms with Crippen LogP contribution in [-0.2, 0) is 0 Å². The average Bonchev–Trinajstić information content (AvgIpc) is 2.69. The number of phenolic OH excluding ortho intramolecular Hbond substituents is 4. The Morgan fingerprint density at radius 1 is 0.700 bits per heavy atom. The molecule has 0 spiro atoms. The van der Waals surface area contributed by atoms with Crippen LogP contribution in [0.3, 0.4) is 0 Å². The average molecular weight is 414 g/mol. The Morgan fingerprint density at radius 2 is 1.40 bits per heavy atom. The van der Waals surface area contributed by atoms with E-state index in [4.69, 9.17) is 4.42 Å². The molecular formula is C21H12F2O7. The summed E-state index contributed by atoms with van der Waals surface area (Å²) in [5.74, 6) is -6.05. The van der Waals surface area contributed by atoms with Crippen LogP contribution in [0, 0.1) is 11.6 Å².